The molecule has 1 saturated carbocycles. The minimum absolute atomic E-state index is 0.122. The van der Waals surface area contributed by atoms with Crippen LogP contribution in [0.3, 0.4) is 0 Å². The lowest BCUT2D eigenvalue weighted by atomic mass is 9.84. The fraction of sp³-hybridized carbons (Fsp3) is 0.647. The summed E-state index contributed by atoms with van der Waals surface area (Å²) < 4.78 is 12.1. The molecule has 20 heavy (non-hydrogen) atoms. The molecule has 112 valence electrons. The summed E-state index contributed by atoms with van der Waals surface area (Å²) in [4.78, 5) is 0. The minimum atomic E-state index is 0.122. The van der Waals surface area contributed by atoms with Crippen molar-refractivity contribution in [1.82, 2.24) is 5.32 Å². The van der Waals surface area contributed by atoms with E-state index in [0.717, 1.165) is 26.0 Å². The molecular weight excluding hydrogens is 250 g/mol. The van der Waals surface area contributed by atoms with Crippen molar-refractivity contribution in [3.05, 3.63) is 35.9 Å². The van der Waals surface area contributed by atoms with Gasteiger partial charge in [-0.25, -0.2) is 0 Å². The normalized spacial score (nSPS) is 27.1. The number of likely N-dealkylation sites (N-methyl/N-ethyl adjacent to an activating group) is 1. The van der Waals surface area contributed by atoms with Crippen molar-refractivity contribution in [1.29, 1.82) is 0 Å². The average molecular weight is 277 g/mol. The van der Waals surface area contributed by atoms with E-state index >= 15 is 0 Å². The molecular formula is C17H27NO2. The molecule has 4 unspecified atom stereocenters. The number of hydrogen-bond donors (Lipinski definition) is 1. The second-order valence-electron chi connectivity index (χ2n) is 5.46. The predicted octanol–water partition coefficient (Wildman–Crippen LogP) is 3.31. The molecule has 0 bridgehead atoms. The molecule has 4 atom stereocenters. The standard InChI is InChI=1S/C17H27NO2/c1-4-11-19-17-15(18-5-2)12-16(17)20-13(3)14-9-7-6-8-10-14/h6-10,13,15-18H,4-5,11-12H2,1-3H3. The van der Waals surface area contributed by atoms with E-state index in [0.29, 0.717) is 6.04 Å². The Morgan fingerprint density at radius 1 is 1.25 bits per heavy atom. The number of benzene rings is 1. The maximum atomic E-state index is 6.19. The zero-order valence-electron chi connectivity index (χ0n) is 12.8. The van der Waals surface area contributed by atoms with E-state index in [1.165, 1.54) is 5.56 Å². The molecule has 0 heterocycles. The highest BCUT2D eigenvalue weighted by atomic mass is 16.6. The van der Waals surface area contributed by atoms with E-state index in [1.54, 1.807) is 0 Å². The molecule has 1 N–H and O–H groups in total. The topological polar surface area (TPSA) is 30.5 Å². The van der Waals surface area contributed by atoms with Crippen molar-refractivity contribution >= 4 is 0 Å². The third kappa shape index (κ3) is 3.81. The first-order valence-electron chi connectivity index (χ1n) is 7.81. The maximum absolute atomic E-state index is 6.19. The highest BCUT2D eigenvalue weighted by Gasteiger charge is 2.43. The third-order valence-electron chi connectivity index (χ3n) is 3.88. The largest absolute Gasteiger partial charge is 0.374 e. The fourth-order valence-corrected chi connectivity index (χ4v) is 2.72. The quantitative estimate of drug-likeness (QED) is 0.791. The van der Waals surface area contributed by atoms with Gasteiger partial charge in [0.1, 0.15) is 0 Å². The van der Waals surface area contributed by atoms with Crippen molar-refractivity contribution < 1.29 is 9.47 Å². The highest BCUT2D eigenvalue weighted by molar-refractivity contribution is 5.17. The van der Waals surface area contributed by atoms with Gasteiger partial charge in [-0.05, 0) is 31.9 Å². The molecule has 0 aliphatic heterocycles. The van der Waals surface area contributed by atoms with Gasteiger partial charge in [-0.3, -0.25) is 0 Å². The van der Waals surface area contributed by atoms with Gasteiger partial charge in [-0.1, -0.05) is 44.2 Å². The van der Waals surface area contributed by atoms with E-state index in [4.69, 9.17) is 9.47 Å². The molecule has 0 radical (unpaired) electrons. The van der Waals surface area contributed by atoms with Crippen LogP contribution in [-0.2, 0) is 9.47 Å². The van der Waals surface area contributed by atoms with E-state index < -0.39 is 0 Å². The summed E-state index contributed by atoms with van der Waals surface area (Å²) in [5.41, 5.74) is 1.23. The summed E-state index contributed by atoms with van der Waals surface area (Å²) in [6.45, 7) is 8.19. The van der Waals surface area contributed by atoms with E-state index in [9.17, 15) is 0 Å². The first-order valence-corrected chi connectivity index (χ1v) is 7.81. The Morgan fingerprint density at radius 2 is 2.00 bits per heavy atom. The number of rotatable bonds is 8. The van der Waals surface area contributed by atoms with Crippen LogP contribution in [0.5, 0.6) is 0 Å². The van der Waals surface area contributed by atoms with Gasteiger partial charge in [0.05, 0.1) is 18.3 Å². The highest BCUT2D eigenvalue weighted by Crippen LogP contribution is 2.32. The molecule has 1 fully saturated rings. The summed E-state index contributed by atoms with van der Waals surface area (Å²) in [5, 5.41) is 3.48. The lowest BCUT2D eigenvalue weighted by Gasteiger charge is -2.45. The summed E-state index contributed by atoms with van der Waals surface area (Å²) in [6, 6.07) is 10.8. The van der Waals surface area contributed by atoms with Crippen molar-refractivity contribution in [2.75, 3.05) is 13.2 Å². The van der Waals surface area contributed by atoms with Crippen LogP contribution >= 0.6 is 0 Å². The van der Waals surface area contributed by atoms with Crippen molar-refractivity contribution in [3.8, 4) is 0 Å². The Kier molecular flexibility index (Phi) is 6.02. The van der Waals surface area contributed by atoms with Gasteiger partial charge in [-0.2, -0.15) is 0 Å². The Labute approximate surface area is 122 Å². The molecule has 0 saturated heterocycles. The molecule has 3 heteroatoms. The predicted molar refractivity (Wildman–Crippen MR) is 81.8 cm³/mol. The van der Waals surface area contributed by atoms with Gasteiger partial charge in [0.25, 0.3) is 0 Å². The van der Waals surface area contributed by atoms with Crippen LogP contribution in [0.2, 0.25) is 0 Å². The van der Waals surface area contributed by atoms with E-state index in [-0.39, 0.29) is 18.3 Å². The van der Waals surface area contributed by atoms with Crippen LogP contribution in [0, 0.1) is 0 Å². The lowest BCUT2D eigenvalue weighted by Crippen LogP contribution is -2.60. The van der Waals surface area contributed by atoms with Gasteiger partial charge >= 0.3 is 0 Å². The third-order valence-corrected chi connectivity index (χ3v) is 3.88. The Bertz CT molecular complexity index is 382. The molecule has 0 spiro atoms. The molecule has 1 aliphatic rings. The Hall–Kier alpha value is -0.900. The van der Waals surface area contributed by atoms with Crippen LogP contribution in [-0.4, -0.2) is 31.4 Å². The Balaban J connectivity index is 1.88. The van der Waals surface area contributed by atoms with Gasteiger partial charge in [0.15, 0.2) is 0 Å². The van der Waals surface area contributed by atoms with Crippen LogP contribution < -0.4 is 5.32 Å². The minimum Gasteiger partial charge on any atom is -0.374 e. The average Bonchev–Trinajstić information content (AvgIpc) is 2.47. The molecule has 1 aliphatic carbocycles. The van der Waals surface area contributed by atoms with Crippen LogP contribution in [0.15, 0.2) is 30.3 Å². The zero-order chi connectivity index (χ0) is 14.4. The van der Waals surface area contributed by atoms with Gasteiger partial charge in [0.2, 0.25) is 0 Å². The van der Waals surface area contributed by atoms with Crippen LogP contribution in [0.25, 0.3) is 0 Å². The molecule has 0 aromatic heterocycles. The van der Waals surface area contributed by atoms with Gasteiger partial charge < -0.3 is 14.8 Å². The molecule has 3 nitrogen and oxygen atoms in total. The Morgan fingerprint density at radius 3 is 2.65 bits per heavy atom. The molecule has 0 amide bonds. The van der Waals surface area contributed by atoms with E-state index in [1.807, 2.05) is 6.07 Å². The summed E-state index contributed by atoms with van der Waals surface area (Å²) >= 11 is 0. The van der Waals surface area contributed by atoms with Crippen molar-refractivity contribution in [2.24, 2.45) is 0 Å². The van der Waals surface area contributed by atoms with Gasteiger partial charge in [0, 0.05) is 12.6 Å². The zero-order valence-corrected chi connectivity index (χ0v) is 12.8. The summed E-state index contributed by atoms with van der Waals surface area (Å²) in [7, 11) is 0. The number of ether oxygens (including phenoxy) is 2. The van der Waals surface area contributed by atoms with Crippen molar-refractivity contribution in [3.63, 3.8) is 0 Å². The molecule has 1 aromatic rings. The first-order chi connectivity index (χ1) is 9.76. The summed E-state index contributed by atoms with van der Waals surface area (Å²) in [5.74, 6) is 0. The lowest BCUT2D eigenvalue weighted by molar-refractivity contribution is -0.166. The molecule has 2 rings (SSSR count). The smallest absolute Gasteiger partial charge is 0.0990 e. The van der Waals surface area contributed by atoms with E-state index in [2.05, 4.69) is 50.4 Å². The summed E-state index contributed by atoms with van der Waals surface area (Å²) in [6.07, 6.45) is 2.62. The van der Waals surface area contributed by atoms with Crippen LogP contribution in [0.4, 0.5) is 0 Å². The monoisotopic (exact) mass is 277 g/mol. The first kappa shape index (κ1) is 15.5. The van der Waals surface area contributed by atoms with Crippen LogP contribution in [0.1, 0.15) is 45.3 Å². The number of hydrogen-bond acceptors (Lipinski definition) is 3. The molecule has 1 aromatic carbocycles. The second-order valence-corrected chi connectivity index (χ2v) is 5.46. The second kappa shape index (κ2) is 7.77. The number of nitrogens with one attached hydrogen (secondary N) is 1. The van der Waals surface area contributed by atoms with Gasteiger partial charge in [-0.15, -0.1) is 0 Å². The fourth-order valence-electron chi connectivity index (χ4n) is 2.72. The van der Waals surface area contributed by atoms with Crippen molar-refractivity contribution in [2.45, 2.75) is 58.0 Å². The maximum Gasteiger partial charge on any atom is 0.0990 e. The SMILES string of the molecule is CCCOC1C(NCC)CC1OC(C)c1ccccc1.